The molecule has 1 amide bonds. The van der Waals surface area contributed by atoms with E-state index in [1.807, 2.05) is 22.8 Å². The lowest BCUT2D eigenvalue weighted by atomic mass is 10.2. The number of hydrogen-bond acceptors (Lipinski definition) is 6. The number of ether oxygens (including phenoxy) is 2. The zero-order chi connectivity index (χ0) is 24.7. The van der Waals surface area contributed by atoms with Gasteiger partial charge in [0, 0.05) is 32.3 Å². The smallest absolute Gasteiger partial charge is 0.279 e. The summed E-state index contributed by atoms with van der Waals surface area (Å²) in [7, 11) is -0.537. The van der Waals surface area contributed by atoms with E-state index in [9.17, 15) is 13.2 Å². The second-order valence-electron chi connectivity index (χ2n) is 7.20. The average molecular weight is 502 g/mol. The summed E-state index contributed by atoms with van der Waals surface area (Å²) in [6, 6.07) is 11.4. The Kier molecular flexibility index (Phi) is 8.56. The predicted octanol–water partition coefficient (Wildman–Crippen LogP) is 3.46. The van der Waals surface area contributed by atoms with Crippen molar-refractivity contribution in [2.24, 2.45) is 4.99 Å². The Balaban J connectivity index is 1.96. The van der Waals surface area contributed by atoms with Crippen molar-refractivity contribution in [3.63, 3.8) is 0 Å². The van der Waals surface area contributed by atoms with Gasteiger partial charge in [0.2, 0.25) is 10.0 Å². The van der Waals surface area contributed by atoms with Crippen LogP contribution in [0, 0.1) is 0 Å². The van der Waals surface area contributed by atoms with Crippen LogP contribution in [0.1, 0.15) is 10.4 Å². The minimum absolute atomic E-state index is 0.0804. The van der Waals surface area contributed by atoms with E-state index in [0.717, 1.165) is 10.2 Å². The standard InChI is InChI=1S/C24H27N3O5S2/c1-5-13-26(14-6-2)34(29,30)20-10-7-18(8-11-20)23(28)25-24-27(15-16-31-3)21-12-9-19(32-4)17-22(21)33-24/h5-12,17H,1-2,13-16H2,3-4H3. The molecule has 3 rings (SSSR count). The Morgan fingerprint density at radius 1 is 1.12 bits per heavy atom. The fraction of sp³-hybridized carbons (Fsp3) is 0.250. The third kappa shape index (κ3) is 5.53. The molecule has 0 bridgehead atoms. The number of rotatable bonds is 11. The third-order valence-electron chi connectivity index (χ3n) is 5.01. The first-order valence-corrected chi connectivity index (χ1v) is 12.7. The number of hydrogen-bond donors (Lipinski definition) is 0. The number of carbonyl (C=O) groups excluding carboxylic acids is 1. The van der Waals surface area contributed by atoms with Crippen LogP contribution in [-0.2, 0) is 21.3 Å². The molecule has 34 heavy (non-hydrogen) atoms. The maximum Gasteiger partial charge on any atom is 0.279 e. The highest BCUT2D eigenvalue weighted by atomic mass is 32.2. The van der Waals surface area contributed by atoms with Crippen molar-refractivity contribution >= 4 is 37.5 Å². The van der Waals surface area contributed by atoms with Crippen molar-refractivity contribution in [3.8, 4) is 5.75 Å². The molecule has 0 saturated heterocycles. The summed E-state index contributed by atoms with van der Waals surface area (Å²) in [6.07, 6.45) is 3.02. The first-order chi connectivity index (χ1) is 16.3. The van der Waals surface area contributed by atoms with Crippen molar-refractivity contribution in [3.05, 3.63) is 78.1 Å². The van der Waals surface area contributed by atoms with Crippen LogP contribution in [0.3, 0.4) is 0 Å². The monoisotopic (exact) mass is 501 g/mol. The average Bonchev–Trinajstić information content (AvgIpc) is 3.18. The molecule has 0 aliphatic rings. The van der Waals surface area contributed by atoms with Gasteiger partial charge in [0.15, 0.2) is 4.80 Å². The van der Waals surface area contributed by atoms with Gasteiger partial charge in [-0.05, 0) is 42.5 Å². The number of thiazole rings is 1. The highest BCUT2D eigenvalue weighted by molar-refractivity contribution is 7.89. The summed E-state index contributed by atoms with van der Waals surface area (Å²) in [6.45, 7) is 8.50. The van der Waals surface area contributed by atoms with Crippen LogP contribution in [0.5, 0.6) is 5.75 Å². The van der Waals surface area contributed by atoms with Crippen LogP contribution in [0.4, 0.5) is 0 Å². The van der Waals surface area contributed by atoms with Crippen molar-refractivity contribution in [1.82, 2.24) is 8.87 Å². The third-order valence-corrected chi connectivity index (χ3v) is 7.90. The molecule has 8 nitrogen and oxygen atoms in total. The van der Waals surface area contributed by atoms with Crippen LogP contribution in [0.15, 0.2) is 77.7 Å². The van der Waals surface area contributed by atoms with Crippen molar-refractivity contribution < 1.29 is 22.7 Å². The first kappa shape index (κ1) is 25.6. The molecule has 0 saturated carbocycles. The van der Waals surface area contributed by atoms with Crippen molar-refractivity contribution in [2.75, 3.05) is 33.9 Å². The fourth-order valence-corrected chi connectivity index (χ4v) is 5.76. The van der Waals surface area contributed by atoms with Gasteiger partial charge in [-0.1, -0.05) is 23.5 Å². The largest absolute Gasteiger partial charge is 0.497 e. The molecule has 0 aliphatic carbocycles. The zero-order valence-corrected chi connectivity index (χ0v) is 20.8. The van der Waals surface area contributed by atoms with Gasteiger partial charge in [0.1, 0.15) is 5.75 Å². The summed E-state index contributed by atoms with van der Waals surface area (Å²) in [5.41, 5.74) is 1.20. The normalized spacial score (nSPS) is 12.3. The van der Waals surface area contributed by atoms with E-state index in [4.69, 9.17) is 9.47 Å². The lowest BCUT2D eigenvalue weighted by Gasteiger charge is -2.19. The van der Waals surface area contributed by atoms with Gasteiger partial charge in [0.25, 0.3) is 5.91 Å². The highest BCUT2D eigenvalue weighted by Gasteiger charge is 2.22. The van der Waals surface area contributed by atoms with Crippen LogP contribution in [-0.4, -0.2) is 57.1 Å². The number of nitrogens with zero attached hydrogens (tertiary/aromatic N) is 3. The summed E-state index contributed by atoms with van der Waals surface area (Å²) in [4.78, 5) is 17.8. The van der Waals surface area contributed by atoms with Crippen molar-refractivity contribution in [1.29, 1.82) is 0 Å². The van der Waals surface area contributed by atoms with Gasteiger partial charge in [0.05, 0.1) is 28.8 Å². The van der Waals surface area contributed by atoms with Gasteiger partial charge >= 0.3 is 0 Å². The van der Waals surface area contributed by atoms with Crippen LogP contribution >= 0.6 is 11.3 Å². The van der Waals surface area contributed by atoms with Gasteiger partial charge in [-0.3, -0.25) is 4.79 Å². The van der Waals surface area contributed by atoms with Gasteiger partial charge in [-0.15, -0.1) is 13.2 Å². The van der Waals surface area contributed by atoms with Gasteiger partial charge in [-0.25, -0.2) is 8.42 Å². The Labute approximate surface area is 203 Å². The molecular weight excluding hydrogens is 474 g/mol. The molecule has 3 aromatic rings. The van der Waals surface area contributed by atoms with Crippen molar-refractivity contribution in [2.45, 2.75) is 11.4 Å². The summed E-state index contributed by atoms with van der Waals surface area (Å²) < 4.78 is 40.4. The first-order valence-electron chi connectivity index (χ1n) is 10.4. The second-order valence-corrected chi connectivity index (χ2v) is 10.2. The maximum absolute atomic E-state index is 12.9. The molecule has 0 unspecified atom stereocenters. The number of carbonyl (C=O) groups is 1. The molecule has 2 aromatic carbocycles. The lowest BCUT2D eigenvalue weighted by Crippen LogP contribution is -2.31. The summed E-state index contributed by atoms with van der Waals surface area (Å²) >= 11 is 1.37. The van der Waals surface area contributed by atoms with Gasteiger partial charge < -0.3 is 14.0 Å². The van der Waals surface area contributed by atoms with E-state index in [1.54, 1.807) is 14.2 Å². The minimum atomic E-state index is -3.75. The molecule has 1 heterocycles. The predicted molar refractivity (Wildman–Crippen MR) is 134 cm³/mol. The number of amides is 1. The summed E-state index contributed by atoms with van der Waals surface area (Å²) in [5.74, 6) is 0.243. The van der Waals surface area contributed by atoms with Gasteiger partial charge in [-0.2, -0.15) is 9.30 Å². The number of aromatic nitrogens is 1. The molecule has 0 N–H and O–H groups in total. The van der Waals surface area contributed by atoms with E-state index in [0.29, 0.717) is 23.7 Å². The molecule has 1 aromatic heterocycles. The van der Waals surface area contributed by atoms with E-state index in [-0.39, 0.29) is 23.5 Å². The maximum atomic E-state index is 12.9. The molecule has 0 aliphatic heterocycles. The second kappa shape index (κ2) is 11.4. The molecule has 0 spiro atoms. The zero-order valence-electron chi connectivity index (χ0n) is 19.1. The van der Waals surface area contributed by atoms with E-state index >= 15 is 0 Å². The molecule has 0 atom stereocenters. The van der Waals surface area contributed by atoms with Crippen LogP contribution < -0.4 is 9.54 Å². The summed E-state index contributed by atoms with van der Waals surface area (Å²) in [5, 5.41) is 0. The molecular formula is C24H27N3O5S2. The topological polar surface area (TPSA) is 90.2 Å². The fourth-order valence-electron chi connectivity index (χ4n) is 3.29. The molecule has 0 fully saturated rings. The van der Waals surface area contributed by atoms with E-state index < -0.39 is 15.9 Å². The SMILES string of the molecule is C=CCN(CC=C)S(=O)(=O)c1ccc(C(=O)N=c2sc3cc(OC)ccc3n2CCOC)cc1. The minimum Gasteiger partial charge on any atom is -0.497 e. The Morgan fingerprint density at radius 3 is 2.38 bits per heavy atom. The van der Waals surface area contributed by atoms with Crippen LogP contribution in [0.2, 0.25) is 0 Å². The molecule has 180 valence electrons. The van der Waals surface area contributed by atoms with E-state index in [1.165, 1.54) is 52.1 Å². The Hall–Kier alpha value is -3.05. The number of methoxy groups -OCH3 is 2. The lowest BCUT2D eigenvalue weighted by molar-refractivity contribution is 0.0997. The van der Waals surface area contributed by atoms with E-state index in [2.05, 4.69) is 18.2 Å². The molecule has 10 heteroatoms. The highest BCUT2D eigenvalue weighted by Crippen LogP contribution is 2.23. The molecule has 0 radical (unpaired) electrons. The number of fused-ring (bicyclic) bond motifs is 1. The number of sulfonamides is 1. The van der Waals surface area contributed by atoms with Crippen LogP contribution in [0.25, 0.3) is 10.2 Å². The Bertz CT molecular complexity index is 1350. The number of benzene rings is 2. The quantitative estimate of drug-likeness (QED) is 0.376. The Morgan fingerprint density at radius 2 is 1.79 bits per heavy atom.